The van der Waals surface area contributed by atoms with Gasteiger partial charge >= 0.3 is 0 Å². The Balaban J connectivity index is 2.27. The lowest BCUT2D eigenvalue weighted by molar-refractivity contribution is 0.542. The Kier molecular flexibility index (Phi) is 5.63. The van der Waals surface area contributed by atoms with Crippen molar-refractivity contribution < 1.29 is 4.39 Å². The normalized spacial score (nSPS) is 12.4. The first kappa shape index (κ1) is 16.3. The predicted molar refractivity (Wildman–Crippen MR) is 87.7 cm³/mol. The van der Waals surface area contributed by atoms with Crippen molar-refractivity contribution in [3.05, 3.63) is 69.0 Å². The summed E-state index contributed by atoms with van der Waals surface area (Å²) in [6.07, 6.45) is 0.730. The molecule has 21 heavy (non-hydrogen) atoms. The van der Waals surface area contributed by atoms with Gasteiger partial charge in [-0.3, -0.25) is 0 Å². The number of hydrogen-bond acceptors (Lipinski definition) is 1. The minimum atomic E-state index is -0.206. The van der Waals surface area contributed by atoms with Crippen LogP contribution in [0.3, 0.4) is 0 Å². The standard InChI is InChI=1S/C17H18Cl2FN/c1-3-21-17(13-6-11(2)7-14(20)10-13)9-12-4-5-15(18)16(19)8-12/h4-8,10,17,21H,3,9H2,1-2H3. The van der Waals surface area contributed by atoms with E-state index in [1.54, 1.807) is 12.1 Å². The summed E-state index contributed by atoms with van der Waals surface area (Å²) in [4.78, 5) is 0. The Morgan fingerprint density at radius 3 is 2.48 bits per heavy atom. The molecule has 112 valence electrons. The topological polar surface area (TPSA) is 12.0 Å². The van der Waals surface area contributed by atoms with Gasteiger partial charge in [0.05, 0.1) is 10.0 Å². The largest absolute Gasteiger partial charge is 0.310 e. The van der Waals surface area contributed by atoms with Crippen LogP contribution in [0.15, 0.2) is 36.4 Å². The van der Waals surface area contributed by atoms with Gasteiger partial charge in [-0.1, -0.05) is 42.3 Å². The summed E-state index contributed by atoms with van der Waals surface area (Å²) in [6, 6.07) is 10.8. The summed E-state index contributed by atoms with van der Waals surface area (Å²) in [5.41, 5.74) is 2.93. The number of halogens is 3. The van der Waals surface area contributed by atoms with Gasteiger partial charge < -0.3 is 5.32 Å². The van der Waals surface area contributed by atoms with Crippen LogP contribution in [0.1, 0.15) is 29.7 Å². The van der Waals surface area contributed by atoms with Gasteiger partial charge in [-0.05, 0) is 60.8 Å². The molecule has 0 aliphatic heterocycles. The molecule has 0 heterocycles. The highest BCUT2D eigenvalue weighted by Crippen LogP contribution is 2.26. The van der Waals surface area contributed by atoms with Gasteiger partial charge in [-0.25, -0.2) is 4.39 Å². The molecule has 1 unspecified atom stereocenters. The molecule has 0 bridgehead atoms. The van der Waals surface area contributed by atoms with E-state index in [0.717, 1.165) is 29.7 Å². The summed E-state index contributed by atoms with van der Waals surface area (Å²) >= 11 is 12.0. The molecule has 2 rings (SSSR count). The van der Waals surface area contributed by atoms with Crippen LogP contribution in [-0.4, -0.2) is 6.54 Å². The lowest BCUT2D eigenvalue weighted by Gasteiger charge is -2.19. The molecular formula is C17H18Cl2FN. The lowest BCUT2D eigenvalue weighted by atomic mass is 9.97. The van der Waals surface area contributed by atoms with Gasteiger partial charge in [0.1, 0.15) is 5.82 Å². The highest BCUT2D eigenvalue weighted by Gasteiger charge is 2.13. The van der Waals surface area contributed by atoms with E-state index in [1.165, 1.54) is 6.07 Å². The van der Waals surface area contributed by atoms with E-state index < -0.39 is 0 Å². The van der Waals surface area contributed by atoms with E-state index in [1.807, 2.05) is 32.0 Å². The SMILES string of the molecule is CCNC(Cc1ccc(Cl)c(Cl)c1)c1cc(C)cc(F)c1. The molecule has 1 atom stereocenters. The number of nitrogens with one attached hydrogen (secondary N) is 1. The molecule has 0 aliphatic rings. The predicted octanol–water partition coefficient (Wildman–Crippen LogP) is 5.33. The maximum atomic E-state index is 13.6. The first-order valence-electron chi connectivity index (χ1n) is 6.94. The molecule has 2 aromatic rings. The Bertz CT molecular complexity index is 608. The van der Waals surface area contributed by atoms with Crippen LogP contribution in [0.25, 0.3) is 0 Å². The number of hydrogen-bond donors (Lipinski definition) is 1. The monoisotopic (exact) mass is 325 g/mol. The summed E-state index contributed by atoms with van der Waals surface area (Å²) in [5, 5.41) is 4.48. The van der Waals surface area contributed by atoms with Crippen LogP contribution in [0.2, 0.25) is 10.0 Å². The highest BCUT2D eigenvalue weighted by atomic mass is 35.5. The highest BCUT2D eigenvalue weighted by molar-refractivity contribution is 6.42. The van der Waals surface area contributed by atoms with Gasteiger partial charge in [0, 0.05) is 6.04 Å². The molecule has 0 radical (unpaired) electrons. The Hall–Kier alpha value is -1.09. The zero-order chi connectivity index (χ0) is 15.4. The summed E-state index contributed by atoms with van der Waals surface area (Å²) in [5.74, 6) is -0.206. The third-order valence-corrected chi connectivity index (χ3v) is 4.08. The fourth-order valence-electron chi connectivity index (χ4n) is 2.42. The second-order valence-corrected chi connectivity index (χ2v) is 5.94. The maximum absolute atomic E-state index is 13.6. The first-order valence-corrected chi connectivity index (χ1v) is 7.69. The minimum absolute atomic E-state index is 0.0432. The van der Waals surface area contributed by atoms with Crippen LogP contribution in [-0.2, 0) is 6.42 Å². The molecule has 0 spiro atoms. The summed E-state index contributed by atoms with van der Waals surface area (Å²) in [6.45, 7) is 4.74. The second kappa shape index (κ2) is 7.26. The van der Waals surface area contributed by atoms with Gasteiger partial charge in [-0.2, -0.15) is 0 Å². The van der Waals surface area contributed by atoms with Gasteiger partial charge in [0.25, 0.3) is 0 Å². The number of benzene rings is 2. The van der Waals surface area contributed by atoms with E-state index in [9.17, 15) is 4.39 Å². The van der Waals surface area contributed by atoms with E-state index in [-0.39, 0.29) is 11.9 Å². The zero-order valence-corrected chi connectivity index (χ0v) is 13.6. The molecule has 0 saturated heterocycles. The van der Waals surface area contributed by atoms with Crippen molar-refractivity contribution in [3.63, 3.8) is 0 Å². The summed E-state index contributed by atoms with van der Waals surface area (Å²) in [7, 11) is 0. The number of aryl methyl sites for hydroxylation is 1. The quantitative estimate of drug-likeness (QED) is 0.782. The van der Waals surface area contributed by atoms with E-state index in [2.05, 4.69) is 5.32 Å². The smallest absolute Gasteiger partial charge is 0.123 e. The van der Waals surface area contributed by atoms with Crippen molar-refractivity contribution in [2.45, 2.75) is 26.3 Å². The van der Waals surface area contributed by atoms with Gasteiger partial charge in [0.2, 0.25) is 0 Å². The zero-order valence-electron chi connectivity index (χ0n) is 12.1. The second-order valence-electron chi connectivity index (χ2n) is 5.12. The molecule has 0 saturated carbocycles. The van der Waals surface area contributed by atoms with Crippen LogP contribution in [0.5, 0.6) is 0 Å². The van der Waals surface area contributed by atoms with Gasteiger partial charge in [-0.15, -0.1) is 0 Å². The van der Waals surface area contributed by atoms with Crippen molar-refractivity contribution in [1.29, 1.82) is 0 Å². The summed E-state index contributed by atoms with van der Waals surface area (Å²) < 4.78 is 13.6. The Morgan fingerprint density at radius 2 is 1.86 bits per heavy atom. The third kappa shape index (κ3) is 4.44. The minimum Gasteiger partial charge on any atom is -0.310 e. The fraction of sp³-hybridized carbons (Fsp3) is 0.294. The molecule has 0 aromatic heterocycles. The Morgan fingerprint density at radius 1 is 1.10 bits per heavy atom. The molecule has 0 amide bonds. The van der Waals surface area contributed by atoms with Crippen LogP contribution in [0, 0.1) is 12.7 Å². The van der Waals surface area contributed by atoms with Crippen molar-refractivity contribution in [3.8, 4) is 0 Å². The van der Waals surface area contributed by atoms with Crippen molar-refractivity contribution in [2.24, 2.45) is 0 Å². The van der Waals surface area contributed by atoms with Crippen LogP contribution >= 0.6 is 23.2 Å². The van der Waals surface area contributed by atoms with Crippen molar-refractivity contribution in [1.82, 2.24) is 5.32 Å². The molecule has 0 fully saturated rings. The maximum Gasteiger partial charge on any atom is 0.123 e. The lowest BCUT2D eigenvalue weighted by Crippen LogP contribution is -2.23. The molecule has 2 aromatic carbocycles. The van der Waals surface area contributed by atoms with Crippen molar-refractivity contribution >= 4 is 23.2 Å². The molecular weight excluding hydrogens is 308 g/mol. The Labute approximate surface area is 135 Å². The van der Waals surface area contributed by atoms with E-state index >= 15 is 0 Å². The number of rotatable bonds is 5. The molecule has 4 heteroatoms. The average Bonchev–Trinajstić information content (AvgIpc) is 2.41. The molecule has 1 N–H and O–H groups in total. The van der Waals surface area contributed by atoms with E-state index in [0.29, 0.717) is 10.0 Å². The molecule has 0 aliphatic carbocycles. The third-order valence-electron chi connectivity index (χ3n) is 3.34. The average molecular weight is 326 g/mol. The first-order chi connectivity index (χ1) is 9.99. The van der Waals surface area contributed by atoms with Gasteiger partial charge in [0.15, 0.2) is 0 Å². The van der Waals surface area contributed by atoms with Crippen LogP contribution in [0.4, 0.5) is 4.39 Å². The molecule has 1 nitrogen and oxygen atoms in total. The van der Waals surface area contributed by atoms with E-state index in [4.69, 9.17) is 23.2 Å². The van der Waals surface area contributed by atoms with Crippen LogP contribution < -0.4 is 5.32 Å². The van der Waals surface area contributed by atoms with Crippen molar-refractivity contribution in [2.75, 3.05) is 6.54 Å². The number of likely N-dealkylation sites (N-methyl/N-ethyl adjacent to an activating group) is 1. The fourth-order valence-corrected chi connectivity index (χ4v) is 2.74.